The molecule has 0 fully saturated rings. The number of benzene rings is 1. The van der Waals surface area contributed by atoms with Crippen molar-refractivity contribution >= 4 is 12.6 Å². The van der Waals surface area contributed by atoms with Crippen LogP contribution in [0.5, 0.6) is 17.5 Å². The first-order valence-electron chi connectivity index (χ1n) is 9.52. The highest BCUT2D eigenvalue weighted by molar-refractivity contribution is 6.61. The molecule has 164 valence electrons. The molecule has 11 heteroatoms. The summed E-state index contributed by atoms with van der Waals surface area (Å²) >= 11 is 0. The number of rotatable bonds is 8. The molecule has 3 rings (SSSR count). The highest BCUT2D eigenvalue weighted by Gasteiger charge is 2.37. The number of fused-ring (bicyclic) bond motifs is 1. The Morgan fingerprint density at radius 3 is 2.74 bits per heavy atom. The maximum atomic E-state index is 13.5. The molecule has 2 heterocycles. The Labute approximate surface area is 177 Å². The van der Waals surface area contributed by atoms with Crippen LogP contribution < -0.4 is 14.9 Å². The zero-order chi connectivity index (χ0) is 22.6. The van der Waals surface area contributed by atoms with Crippen LogP contribution in [0.15, 0.2) is 24.3 Å². The average molecular weight is 436 g/mol. The molecule has 0 amide bonds. The van der Waals surface area contributed by atoms with E-state index in [1.165, 1.54) is 12.1 Å². The molecule has 0 spiro atoms. The molecule has 1 aliphatic heterocycles. The highest BCUT2D eigenvalue weighted by Crippen LogP contribution is 2.38. The predicted octanol–water partition coefficient (Wildman–Crippen LogP) is 3.03. The van der Waals surface area contributed by atoms with Crippen LogP contribution in [-0.4, -0.2) is 36.9 Å². The SMILES string of the molecule is CC(C)COCCOc1nc(Oc2ccc3c(c2)COB3O)cc(C(F)(F)F)c1C#N. The molecular formula is C20H20BF3N2O5. The third kappa shape index (κ3) is 5.67. The van der Waals surface area contributed by atoms with Gasteiger partial charge in [0.1, 0.15) is 24.0 Å². The van der Waals surface area contributed by atoms with Gasteiger partial charge in [0.05, 0.1) is 18.8 Å². The standard InChI is InChI=1S/C20H20BF3N2O5/c1-12(2)10-28-5-6-29-19-15(9-25)16(20(22,23)24)8-18(26-19)31-14-3-4-17-13(7-14)11-30-21(17)27/h3-4,7-8,12,27H,5-6,10-11H2,1-2H3. The fraction of sp³-hybridized carbons (Fsp3) is 0.400. The number of pyridine rings is 1. The number of aromatic nitrogens is 1. The van der Waals surface area contributed by atoms with Crippen LogP contribution in [0.25, 0.3) is 0 Å². The van der Waals surface area contributed by atoms with E-state index in [1.807, 2.05) is 13.8 Å². The second kappa shape index (κ2) is 9.55. The van der Waals surface area contributed by atoms with Crippen LogP contribution in [-0.2, 0) is 22.2 Å². The molecule has 0 unspecified atom stereocenters. The van der Waals surface area contributed by atoms with Crippen LogP contribution in [0.2, 0.25) is 0 Å². The van der Waals surface area contributed by atoms with E-state index in [9.17, 15) is 23.5 Å². The van der Waals surface area contributed by atoms with Gasteiger partial charge in [0, 0.05) is 12.7 Å². The summed E-state index contributed by atoms with van der Waals surface area (Å²) in [5.41, 5.74) is -0.734. The van der Waals surface area contributed by atoms with Crippen molar-refractivity contribution in [3.63, 3.8) is 0 Å². The van der Waals surface area contributed by atoms with Crippen molar-refractivity contribution in [3.05, 3.63) is 41.0 Å². The molecule has 1 aromatic heterocycles. The smallest absolute Gasteiger partial charge is 0.474 e. The number of nitriles is 1. The van der Waals surface area contributed by atoms with E-state index in [1.54, 1.807) is 12.1 Å². The molecule has 0 radical (unpaired) electrons. The minimum absolute atomic E-state index is 0.0801. The van der Waals surface area contributed by atoms with Gasteiger partial charge in [-0.3, -0.25) is 0 Å². The first-order chi connectivity index (χ1) is 14.7. The first-order valence-corrected chi connectivity index (χ1v) is 9.52. The van der Waals surface area contributed by atoms with E-state index in [0.29, 0.717) is 29.6 Å². The Bertz CT molecular complexity index is 979. The largest absolute Gasteiger partial charge is 0.491 e. The van der Waals surface area contributed by atoms with E-state index in [-0.39, 0.29) is 31.5 Å². The van der Waals surface area contributed by atoms with E-state index in [2.05, 4.69) is 4.98 Å². The number of nitrogens with zero attached hydrogens (tertiary/aromatic N) is 2. The minimum atomic E-state index is -4.81. The van der Waals surface area contributed by atoms with Crippen LogP contribution in [0, 0.1) is 17.2 Å². The number of hydrogen-bond donors (Lipinski definition) is 1. The van der Waals surface area contributed by atoms with E-state index in [4.69, 9.17) is 18.9 Å². The van der Waals surface area contributed by atoms with Gasteiger partial charge in [-0.25, -0.2) is 0 Å². The zero-order valence-electron chi connectivity index (χ0n) is 16.9. The molecule has 0 atom stereocenters. The summed E-state index contributed by atoms with van der Waals surface area (Å²) in [6, 6.07) is 6.74. The van der Waals surface area contributed by atoms with Crippen molar-refractivity contribution in [1.29, 1.82) is 5.26 Å². The number of ether oxygens (including phenoxy) is 3. The fourth-order valence-electron chi connectivity index (χ4n) is 2.89. The van der Waals surface area contributed by atoms with Crippen molar-refractivity contribution in [1.82, 2.24) is 4.98 Å². The molecule has 31 heavy (non-hydrogen) atoms. The summed E-state index contributed by atoms with van der Waals surface area (Å²) in [7, 11) is -1.05. The topological polar surface area (TPSA) is 93.8 Å². The quantitative estimate of drug-likeness (QED) is 0.502. The van der Waals surface area contributed by atoms with E-state index < -0.39 is 30.3 Å². The molecule has 7 nitrogen and oxygen atoms in total. The van der Waals surface area contributed by atoms with Crippen LogP contribution in [0.3, 0.4) is 0 Å². The van der Waals surface area contributed by atoms with Gasteiger partial charge < -0.3 is 23.9 Å². The molecule has 1 N–H and O–H groups in total. The molecule has 0 aliphatic carbocycles. The Morgan fingerprint density at radius 2 is 2.06 bits per heavy atom. The molecule has 0 bridgehead atoms. The molecule has 0 saturated carbocycles. The summed E-state index contributed by atoms with van der Waals surface area (Å²) in [5, 5.41) is 18.9. The molecule has 1 aliphatic rings. The van der Waals surface area contributed by atoms with Gasteiger partial charge in [0.15, 0.2) is 0 Å². The average Bonchev–Trinajstić information content (AvgIpc) is 3.06. The van der Waals surface area contributed by atoms with E-state index in [0.717, 1.165) is 0 Å². The number of hydrogen-bond acceptors (Lipinski definition) is 7. The lowest BCUT2D eigenvalue weighted by atomic mass is 9.80. The third-order valence-electron chi connectivity index (χ3n) is 4.30. The lowest BCUT2D eigenvalue weighted by Crippen LogP contribution is -2.27. The lowest BCUT2D eigenvalue weighted by Gasteiger charge is -2.15. The van der Waals surface area contributed by atoms with Gasteiger partial charge in [0.2, 0.25) is 11.8 Å². The summed E-state index contributed by atoms with van der Waals surface area (Å²) < 4.78 is 61.8. The second-order valence-corrected chi connectivity index (χ2v) is 7.24. The zero-order valence-corrected chi connectivity index (χ0v) is 16.9. The van der Waals surface area contributed by atoms with Gasteiger partial charge in [-0.15, -0.1) is 0 Å². The van der Waals surface area contributed by atoms with Crippen molar-refractivity contribution in [3.8, 4) is 23.6 Å². The molecule has 0 saturated heterocycles. The van der Waals surface area contributed by atoms with Crippen LogP contribution >= 0.6 is 0 Å². The van der Waals surface area contributed by atoms with Gasteiger partial charge in [0.25, 0.3) is 0 Å². The summed E-state index contributed by atoms with van der Waals surface area (Å²) in [4.78, 5) is 3.95. The van der Waals surface area contributed by atoms with Crippen molar-refractivity contribution in [2.45, 2.75) is 26.6 Å². The van der Waals surface area contributed by atoms with Crippen molar-refractivity contribution < 1.29 is 37.1 Å². The Hall–Kier alpha value is -2.81. The van der Waals surface area contributed by atoms with Crippen molar-refractivity contribution in [2.75, 3.05) is 19.8 Å². The Balaban J connectivity index is 1.85. The van der Waals surface area contributed by atoms with Crippen LogP contribution in [0.1, 0.15) is 30.5 Å². The summed E-state index contributed by atoms with van der Waals surface area (Å²) in [6.45, 7) is 4.58. The molecule has 2 aromatic rings. The van der Waals surface area contributed by atoms with Gasteiger partial charge >= 0.3 is 13.3 Å². The fourth-order valence-corrected chi connectivity index (χ4v) is 2.89. The van der Waals surface area contributed by atoms with Gasteiger partial charge in [-0.2, -0.15) is 23.4 Å². The van der Waals surface area contributed by atoms with Gasteiger partial charge in [-0.1, -0.05) is 19.9 Å². The minimum Gasteiger partial charge on any atom is -0.474 e. The third-order valence-corrected chi connectivity index (χ3v) is 4.30. The highest BCUT2D eigenvalue weighted by atomic mass is 19.4. The summed E-state index contributed by atoms with van der Waals surface area (Å²) in [5.74, 6) is -0.377. The number of alkyl halides is 3. The molecular weight excluding hydrogens is 416 g/mol. The van der Waals surface area contributed by atoms with Crippen LogP contribution in [0.4, 0.5) is 13.2 Å². The first kappa shape index (κ1) is 22.9. The Kier molecular flexibility index (Phi) is 7.05. The second-order valence-electron chi connectivity index (χ2n) is 7.24. The normalized spacial score (nSPS) is 13.3. The maximum Gasteiger partial charge on any atom is 0.491 e. The van der Waals surface area contributed by atoms with E-state index >= 15 is 0 Å². The molecule has 1 aromatic carbocycles. The number of halogens is 3. The van der Waals surface area contributed by atoms with Crippen molar-refractivity contribution in [2.24, 2.45) is 5.92 Å². The predicted molar refractivity (Wildman–Crippen MR) is 104 cm³/mol. The monoisotopic (exact) mass is 436 g/mol. The Morgan fingerprint density at radius 1 is 1.29 bits per heavy atom. The van der Waals surface area contributed by atoms with Gasteiger partial charge in [-0.05, 0) is 29.1 Å². The lowest BCUT2D eigenvalue weighted by molar-refractivity contribution is -0.138. The maximum absolute atomic E-state index is 13.5. The summed E-state index contributed by atoms with van der Waals surface area (Å²) in [6.07, 6.45) is -4.81.